The average Bonchev–Trinajstić information content (AvgIpc) is 2.68. The number of rotatable bonds is 6. The molecule has 0 saturated heterocycles. The fourth-order valence-corrected chi connectivity index (χ4v) is 2.33. The van der Waals surface area contributed by atoms with Gasteiger partial charge in [0.05, 0.1) is 5.69 Å². The Kier molecular flexibility index (Phi) is 5.49. The normalized spacial score (nSPS) is 12.8. The molecule has 0 saturated carbocycles. The quantitative estimate of drug-likeness (QED) is 0.803. The highest BCUT2D eigenvalue weighted by molar-refractivity contribution is 7.08. The van der Waals surface area contributed by atoms with Gasteiger partial charge in [-0.15, -0.1) is 0 Å². The number of amides is 1. The third-order valence-electron chi connectivity index (χ3n) is 2.42. The van der Waals surface area contributed by atoms with E-state index < -0.39 is 0 Å². The van der Waals surface area contributed by atoms with Crippen LogP contribution in [0, 0.1) is 11.8 Å². The lowest BCUT2D eigenvalue weighted by atomic mass is 9.94. The van der Waals surface area contributed by atoms with Crippen molar-refractivity contribution in [2.75, 3.05) is 11.9 Å². The van der Waals surface area contributed by atoms with Crippen molar-refractivity contribution in [3.63, 3.8) is 0 Å². The van der Waals surface area contributed by atoms with E-state index >= 15 is 0 Å². The van der Waals surface area contributed by atoms with Gasteiger partial charge in [-0.2, -0.15) is 11.3 Å². The molecule has 0 bridgehead atoms. The van der Waals surface area contributed by atoms with Gasteiger partial charge >= 0.3 is 0 Å². The summed E-state index contributed by atoms with van der Waals surface area (Å²) in [4.78, 5) is 11.7. The Balaban J connectivity index is 2.37. The molecule has 0 aliphatic carbocycles. The zero-order valence-corrected chi connectivity index (χ0v) is 10.7. The highest BCUT2D eigenvalue weighted by Gasteiger charge is 2.14. The number of carbonyl (C=O) groups is 1. The van der Waals surface area contributed by atoms with Crippen LogP contribution < -0.4 is 11.1 Å². The molecule has 3 nitrogen and oxygen atoms in total. The van der Waals surface area contributed by atoms with Gasteiger partial charge in [0.1, 0.15) is 0 Å². The predicted octanol–water partition coefficient (Wildman–Crippen LogP) is 2.70. The summed E-state index contributed by atoms with van der Waals surface area (Å²) in [5.74, 6) is 0.940. The summed E-state index contributed by atoms with van der Waals surface area (Å²) >= 11 is 1.58. The zero-order valence-electron chi connectivity index (χ0n) is 9.90. The van der Waals surface area contributed by atoms with Crippen LogP contribution in [0.25, 0.3) is 0 Å². The summed E-state index contributed by atoms with van der Waals surface area (Å²) in [6.45, 7) is 4.88. The SMILES string of the molecule is CC(C)CC(CN)CC(=O)Nc1ccsc1. The first-order valence-corrected chi connectivity index (χ1v) is 6.58. The lowest BCUT2D eigenvalue weighted by Gasteiger charge is -2.16. The summed E-state index contributed by atoms with van der Waals surface area (Å²) < 4.78 is 0. The second-order valence-electron chi connectivity index (χ2n) is 4.50. The van der Waals surface area contributed by atoms with Crippen molar-refractivity contribution < 1.29 is 4.79 Å². The molecule has 1 unspecified atom stereocenters. The lowest BCUT2D eigenvalue weighted by molar-refractivity contribution is -0.117. The van der Waals surface area contributed by atoms with Gasteiger partial charge in [0.2, 0.25) is 5.91 Å². The number of nitrogens with one attached hydrogen (secondary N) is 1. The van der Waals surface area contributed by atoms with Crippen molar-refractivity contribution in [1.82, 2.24) is 0 Å². The molecule has 3 N–H and O–H groups in total. The molecule has 0 aliphatic rings. The van der Waals surface area contributed by atoms with E-state index in [2.05, 4.69) is 19.2 Å². The molecule has 1 amide bonds. The Morgan fingerprint density at radius 1 is 1.56 bits per heavy atom. The third kappa shape index (κ3) is 4.77. The van der Waals surface area contributed by atoms with E-state index in [1.54, 1.807) is 11.3 Å². The molecule has 1 aromatic heterocycles. The second kappa shape index (κ2) is 6.66. The first kappa shape index (κ1) is 13.2. The van der Waals surface area contributed by atoms with E-state index in [0.717, 1.165) is 12.1 Å². The van der Waals surface area contributed by atoms with E-state index in [0.29, 0.717) is 24.8 Å². The van der Waals surface area contributed by atoms with Crippen LogP contribution in [0.3, 0.4) is 0 Å². The van der Waals surface area contributed by atoms with Crippen molar-refractivity contribution in [2.24, 2.45) is 17.6 Å². The molecule has 1 aromatic rings. The zero-order chi connectivity index (χ0) is 12.0. The van der Waals surface area contributed by atoms with Crippen molar-refractivity contribution in [1.29, 1.82) is 0 Å². The Bertz CT molecular complexity index is 309. The van der Waals surface area contributed by atoms with Gasteiger partial charge < -0.3 is 11.1 Å². The van der Waals surface area contributed by atoms with Gasteiger partial charge in [0.15, 0.2) is 0 Å². The highest BCUT2D eigenvalue weighted by Crippen LogP contribution is 2.17. The maximum Gasteiger partial charge on any atom is 0.224 e. The van der Waals surface area contributed by atoms with E-state index in [4.69, 9.17) is 5.73 Å². The Morgan fingerprint density at radius 3 is 2.81 bits per heavy atom. The Hall–Kier alpha value is -0.870. The van der Waals surface area contributed by atoms with Crippen molar-refractivity contribution in [2.45, 2.75) is 26.7 Å². The summed E-state index contributed by atoms with van der Waals surface area (Å²) in [5.41, 5.74) is 6.55. The van der Waals surface area contributed by atoms with Gasteiger partial charge in [-0.05, 0) is 36.2 Å². The van der Waals surface area contributed by atoms with Crippen LogP contribution in [0.2, 0.25) is 0 Å². The number of carbonyl (C=O) groups excluding carboxylic acids is 1. The molecule has 16 heavy (non-hydrogen) atoms. The van der Waals surface area contributed by atoms with Gasteiger partial charge in [0.25, 0.3) is 0 Å². The Morgan fingerprint density at radius 2 is 2.31 bits per heavy atom. The van der Waals surface area contributed by atoms with E-state index in [1.165, 1.54) is 0 Å². The van der Waals surface area contributed by atoms with E-state index in [1.807, 2.05) is 16.8 Å². The molecule has 0 radical (unpaired) electrons. The van der Waals surface area contributed by atoms with Crippen molar-refractivity contribution in [3.8, 4) is 0 Å². The number of anilines is 1. The highest BCUT2D eigenvalue weighted by atomic mass is 32.1. The first-order valence-electron chi connectivity index (χ1n) is 5.64. The van der Waals surface area contributed by atoms with Crippen LogP contribution in [0.1, 0.15) is 26.7 Å². The summed E-state index contributed by atoms with van der Waals surface area (Å²) in [5, 5.41) is 6.75. The smallest absolute Gasteiger partial charge is 0.224 e. The molecule has 1 atom stereocenters. The third-order valence-corrected chi connectivity index (χ3v) is 3.10. The molecular formula is C12H20N2OS. The van der Waals surface area contributed by atoms with Crippen LogP contribution in [0.4, 0.5) is 5.69 Å². The maximum atomic E-state index is 11.7. The number of hydrogen-bond donors (Lipinski definition) is 2. The number of hydrogen-bond acceptors (Lipinski definition) is 3. The maximum absolute atomic E-state index is 11.7. The van der Waals surface area contributed by atoms with Crippen LogP contribution in [0.5, 0.6) is 0 Å². The Labute approximate surface area is 101 Å². The summed E-state index contributed by atoms with van der Waals surface area (Å²) in [6, 6.07) is 1.91. The molecule has 90 valence electrons. The lowest BCUT2D eigenvalue weighted by Crippen LogP contribution is -2.23. The monoisotopic (exact) mass is 240 g/mol. The van der Waals surface area contributed by atoms with Crippen LogP contribution in [0.15, 0.2) is 16.8 Å². The minimum atomic E-state index is 0.0644. The fourth-order valence-electron chi connectivity index (χ4n) is 1.74. The fraction of sp³-hybridized carbons (Fsp3) is 0.583. The number of nitrogens with two attached hydrogens (primary N) is 1. The van der Waals surface area contributed by atoms with Gasteiger partial charge in [0, 0.05) is 11.8 Å². The van der Waals surface area contributed by atoms with Crippen molar-refractivity contribution >= 4 is 22.9 Å². The first-order chi connectivity index (χ1) is 7.61. The molecule has 4 heteroatoms. The van der Waals surface area contributed by atoms with Gasteiger partial charge in [-0.3, -0.25) is 4.79 Å². The number of thiophene rings is 1. The van der Waals surface area contributed by atoms with Gasteiger partial charge in [-0.1, -0.05) is 13.8 Å². The van der Waals surface area contributed by atoms with E-state index in [9.17, 15) is 4.79 Å². The molecule has 0 fully saturated rings. The van der Waals surface area contributed by atoms with Crippen LogP contribution in [-0.4, -0.2) is 12.5 Å². The summed E-state index contributed by atoms with van der Waals surface area (Å²) in [7, 11) is 0. The minimum Gasteiger partial charge on any atom is -0.330 e. The molecular weight excluding hydrogens is 220 g/mol. The topological polar surface area (TPSA) is 55.1 Å². The standard InChI is InChI=1S/C12H20N2OS/c1-9(2)5-10(7-13)6-12(15)14-11-3-4-16-8-11/h3-4,8-10H,5-7,13H2,1-2H3,(H,14,15). The van der Waals surface area contributed by atoms with Gasteiger partial charge in [-0.25, -0.2) is 0 Å². The predicted molar refractivity (Wildman–Crippen MR) is 69.6 cm³/mol. The summed E-state index contributed by atoms with van der Waals surface area (Å²) in [6.07, 6.45) is 1.53. The molecule has 0 aliphatic heterocycles. The minimum absolute atomic E-state index is 0.0644. The van der Waals surface area contributed by atoms with Crippen molar-refractivity contribution in [3.05, 3.63) is 16.8 Å². The van der Waals surface area contributed by atoms with Crippen LogP contribution in [-0.2, 0) is 4.79 Å². The average molecular weight is 240 g/mol. The second-order valence-corrected chi connectivity index (χ2v) is 5.28. The molecule has 1 rings (SSSR count). The van der Waals surface area contributed by atoms with E-state index in [-0.39, 0.29) is 5.91 Å². The largest absolute Gasteiger partial charge is 0.330 e. The molecule has 0 aromatic carbocycles. The molecule has 0 spiro atoms. The molecule has 1 heterocycles. The van der Waals surface area contributed by atoms with Crippen LogP contribution >= 0.6 is 11.3 Å².